The van der Waals surface area contributed by atoms with Crippen molar-refractivity contribution in [3.05, 3.63) is 95.3 Å². The van der Waals surface area contributed by atoms with Gasteiger partial charge in [0.1, 0.15) is 17.2 Å². The second-order valence-electron chi connectivity index (χ2n) is 10.6. The summed E-state index contributed by atoms with van der Waals surface area (Å²) in [6.07, 6.45) is 2.58. The molecule has 1 aromatic heterocycles. The molecule has 200 valence electrons. The first kappa shape index (κ1) is 26.4. The summed E-state index contributed by atoms with van der Waals surface area (Å²) in [6, 6.07) is 21.2. The predicted molar refractivity (Wildman–Crippen MR) is 148 cm³/mol. The Morgan fingerprint density at radius 2 is 1.82 bits per heavy atom. The molecule has 0 radical (unpaired) electrons. The van der Waals surface area contributed by atoms with Crippen LogP contribution < -0.4 is 10.1 Å². The Kier molecular flexibility index (Phi) is 7.33. The largest absolute Gasteiger partial charge is 0.487 e. The molecular weight excluding hydrogens is 495 g/mol. The number of nitrogens with zero attached hydrogens (tertiary/aromatic N) is 1. The van der Waals surface area contributed by atoms with Gasteiger partial charge in [0, 0.05) is 34.9 Å². The number of unbranched alkanes of at least 4 members (excludes halogenated alkanes) is 1. The van der Waals surface area contributed by atoms with Crippen molar-refractivity contribution in [3.8, 4) is 17.0 Å². The Morgan fingerprint density at radius 3 is 2.59 bits per heavy atom. The van der Waals surface area contributed by atoms with E-state index in [1.807, 2.05) is 56.3 Å². The Hall–Kier alpha value is -4.26. The smallest absolute Gasteiger partial charge is 0.303 e. The molecule has 0 bridgehead atoms. The zero-order valence-corrected chi connectivity index (χ0v) is 22.0. The van der Waals surface area contributed by atoms with Gasteiger partial charge in [0.2, 0.25) is 0 Å². The number of aryl methyl sites for hydroxylation is 1. The van der Waals surface area contributed by atoms with Crippen molar-refractivity contribution < 1.29 is 23.8 Å². The predicted octanol–water partition coefficient (Wildman–Crippen LogP) is 6.87. The van der Waals surface area contributed by atoms with Gasteiger partial charge in [-0.05, 0) is 93.3 Å². The maximum absolute atomic E-state index is 13.6. The number of carbonyl (C=O) groups is 2. The molecule has 4 aromatic rings. The molecule has 2 N–H and O–H groups in total. The van der Waals surface area contributed by atoms with E-state index in [4.69, 9.17) is 14.8 Å². The SMILES string of the molecule is CC1(C)CC(NC(=O)c2ccc3nc(-c4ccc(F)cc4)c(CCCCC(=O)O)cc3c2)c2ccccc2O1. The summed E-state index contributed by atoms with van der Waals surface area (Å²) >= 11 is 0. The van der Waals surface area contributed by atoms with Crippen LogP contribution in [-0.2, 0) is 11.2 Å². The second-order valence-corrected chi connectivity index (χ2v) is 10.6. The molecule has 2 heterocycles. The molecule has 7 heteroatoms. The van der Waals surface area contributed by atoms with Crippen molar-refractivity contribution in [2.45, 2.75) is 57.6 Å². The van der Waals surface area contributed by atoms with Gasteiger partial charge in [-0.1, -0.05) is 18.2 Å². The second kappa shape index (κ2) is 10.8. The zero-order chi connectivity index (χ0) is 27.6. The fraction of sp³-hybridized carbons (Fsp3) is 0.281. The number of rotatable bonds is 8. The van der Waals surface area contributed by atoms with Crippen molar-refractivity contribution in [1.29, 1.82) is 0 Å². The number of carboxylic acids is 1. The summed E-state index contributed by atoms with van der Waals surface area (Å²) in [6.45, 7) is 4.03. The molecule has 0 aliphatic carbocycles. The van der Waals surface area contributed by atoms with Crippen molar-refractivity contribution >= 4 is 22.8 Å². The molecule has 0 spiro atoms. The van der Waals surface area contributed by atoms with Crippen LogP contribution in [-0.4, -0.2) is 27.6 Å². The molecule has 1 unspecified atom stereocenters. The number of amides is 1. The fourth-order valence-electron chi connectivity index (χ4n) is 5.17. The number of fused-ring (bicyclic) bond motifs is 2. The summed E-state index contributed by atoms with van der Waals surface area (Å²) in [5.41, 5.74) is 4.24. The Balaban J connectivity index is 1.44. The Bertz CT molecular complexity index is 1530. The molecule has 1 amide bonds. The van der Waals surface area contributed by atoms with Crippen LogP contribution >= 0.6 is 0 Å². The molecule has 1 aliphatic rings. The van der Waals surface area contributed by atoms with Crippen LogP contribution in [0, 0.1) is 5.82 Å². The molecule has 3 aromatic carbocycles. The number of carbonyl (C=O) groups excluding carboxylic acids is 1. The summed E-state index contributed by atoms with van der Waals surface area (Å²) in [5.74, 6) is -0.548. The average molecular weight is 527 g/mol. The maximum Gasteiger partial charge on any atom is 0.303 e. The number of nitrogens with one attached hydrogen (secondary N) is 1. The quantitative estimate of drug-likeness (QED) is 0.245. The van der Waals surface area contributed by atoms with Crippen molar-refractivity contribution in [1.82, 2.24) is 10.3 Å². The van der Waals surface area contributed by atoms with Gasteiger partial charge in [-0.25, -0.2) is 9.37 Å². The third-order valence-corrected chi connectivity index (χ3v) is 7.04. The number of pyridine rings is 1. The lowest BCUT2D eigenvalue weighted by atomic mass is 9.89. The molecule has 0 saturated heterocycles. The summed E-state index contributed by atoms with van der Waals surface area (Å²) in [5, 5.41) is 13.0. The highest BCUT2D eigenvalue weighted by atomic mass is 19.1. The van der Waals surface area contributed by atoms with Gasteiger partial charge in [-0.3, -0.25) is 9.59 Å². The number of halogens is 1. The lowest BCUT2D eigenvalue weighted by molar-refractivity contribution is -0.137. The fourth-order valence-corrected chi connectivity index (χ4v) is 5.17. The van der Waals surface area contributed by atoms with Crippen LogP contribution in [0.2, 0.25) is 0 Å². The van der Waals surface area contributed by atoms with Gasteiger partial charge in [0.05, 0.1) is 17.3 Å². The summed E-state index contributed by atoms with van der Waals surface area (Å²) in [7, 11) is 0. The average Bonchev–Trinajstić information content (AvgIpc) is 2.90. The number of ether oxygens (including phenoxy) is 1. The molecule has 39 heavy (non-hydrogen) atoms. The first-order valence-corrected chi connectivity index (χ1v) is 13.2. The highest BCUT2D eigenvalue weighted by Gasteiger charge is 2.34. The molecule has 6 nitrogen and oxygen atoms in total. The van der Waals surface area contributed by atoms with Crippen LogP contribution in [0.15, 0.2) is 72.8 Å². The number of benzene rings is 3. The first-order chi connectivity index (χ1) is 18.7. The van der Waals surface area contributed by atoms with Crippen LogP contribution in [0.25, 0.3) is 22.2 Å². The van der Waals surface area contributed by atoms with Crippen LogP contribution in [0.5, 0.6) is 5.75 Å². The van der Waals surface area contributed by atoms with Gasteiger partial charge in [0.25, 0.3) is 5.91 Å². The number of para-hydroxylation sites is 1. The minimum atomic E-state index is -0.823. The van der Waals surface area contributed by atoms with Crippen molar-refractivity contribution in [3.63, 3.8) is 0 Å². The van der Waals surface area contributed by atoms with E-state index >= 15 is 0 Å². The van der Waals surface area contributed by atoms with Crippen molar-refractivity contribution in [2.75, 3.05) is 0 Å². The maximum atomic E-state index is 13.6. The number of hydrogen-bond donors (Lipinski definition) is 2. The molecular formula is C32H31FN2O4. The topological polar surface area (TPSA) is 88.5 Å². The van der Waals surface area contributed by atoms with E-state index in [2.05, 4.69) is 5.32 Å². The molecule has 1 aliphatic heterocycles. The van der Waals surface area contributed by atoms with Gasteiger partial charge in [-0.2, -0.15) is 0 Å². The van der Waals surface area contributed by atoms with Gasteiger partial charge in [-0.15, -0.1) is 0 Å². The standard InChI is InChI=1S/C32H31FN2O4/c1-32(2)19-27(25-8-4-5-9-28(25)39-32)35-31(38)22-13-16-26-23(18-22)17-21(7-3-6-10-29(36)37)30(34-26)20-11-14-24(33)15-12-20/h4-5,8-9,11-18,27H,3,6-7,10,19H2,1-2H3,(H,35,38)(H,36,37). The van der Waals surface area contributed by atoms with E-state index in [-0.39, 0.29) is 24.2 Å². The highest BCUT2D eigenvalue weighted by molar-refractivity contribution is 5.98. The van der Waals surface area contributed by atoms with E-state index in [0.717, 1.165) is 39.0 Å². The Labute approximate surface area is 226 Å². The third-order valence-electron chi connectivity index (χ3n) is 7.04. The molecule has 1 atom stereocenters. The van der Waals surface area contributed by atoms with Gasteiger partial charge < -0.3 is 15.2 Å². The number of hydrogen-bond acceptors (Lipinski definition) is 4. The van der Waals surface area contributed by atoms with Crippen LogP contribution in [0.3, 0.4) is 0 Å². The van der Waals surface area contributed by atoms with Gasteiger partial charge in [0.15, 0.2) is 0 Å². The molecule has 0 saturated carbocycles. The van der Waals surface area contributed by atoms with Crippen molar-refractivity contribution in [2.24, 2.45) is 0 Å². The van der Waals surface area contributed by atoms with Crippen LogP contribution in [0.4, 0.5) is 4.39 Å². The lowest BCUT2D eigenvalue weighted by Gasteiger charge is -2.37. The van der Waals surface area contributed by atoms with E-state index in [1.54, 1.807) is 18.2 Å². The van der Waals surface area contributed by atoms with Gasteiger partial charge >= 0.3 is 5.97 Å². The van der Waals surface area contributed by atoms with E-state index in [0.29, 0.717) is 31.2 Å². The third kappa shape index (κ3) is 6.08. The number of aliphatic carboxylic acids is 1. The summed E-state index contributed by atoms with van der Waals surface area (Å²) in [4.78, 5) is 29.2. The minimum Gasteiger partial charge on any atom is -0.487 e. The monoisotopic (exact) mass is 526 g/mol. The highest BCUT2D eigenvalue weighted by Crippen LogP contribution is 2.39. The lowest BCUT2D eigenvalue weighted by Crippen LogP contribution is -2.41. The molecule has 0 fully saturated rings. The molecule has 5 rings (SSSR count). The Morgan fingerprint density at radius 1 is 1.05 bits per heavy atom. The zero-order valence-electron chi connectivity index (χ0n) is 22.0. The summed E-state index contributed by atoms with van der Waals surface area (Å²) < 4.78 is 19.7. The number of aromatic nitrogens is 1. The van der Waals surface area contributed by atoms with E-state index in [9.17, 15) is 14.0 Å². The van der Waals surface area contributed by atoms with E-state index < -0.39 is 11.6 Å². The minimum absolute atomic E-state index is 0.101. The first-order valence-electron chi connectivity index (χ1n) is 13.2. The normalized spacial score (nSPS) is 15.8. The van der Waals surface area contributed by atoms with E-state index in [1.165, 1.54) is 12.1 Å². The number of carboxylic acid groups (broad SMARTS) is 1. The van der Waals surface area contributed by atoms with Crippen LogP contribution in [0.1, 0.15) is 67.1 Å².